The summed E-state index contributed by atoms with van der Waals surface area (Å²) in [5.74, 6) is 0. The van der Waals surface area contributed by atoms with Crippen LogP contribution in [-0.2, 0) is 0 Å². The molecule has 0 aliphatic heterocycles. The smallest absolute Gasteiger partial charge is 0.292 e. The lowest BCUT2D eigenvalue weighted by molar-refractivity contribution is 0.625. The number of rotatable bonds is 0. The Labute approximate surface area is 63.8 Å². The van der Waals surface area contributed by atoms with Crippen molar-refractivity contribution in [2.75, 3.05) is 5.73 Å². The number of hydrogen-bond donors (Lipinski definition) is 1. The summed E-state index contributed by atoms with van der Waals surface area (Å²) in [5.41, 5.74) is 7.60. The number of nitrogens with zero attached hydrogens (tertiary/aromatic N) is 1. The summed E-state index contributed by atoms with van der Waals surface area (Å²) in [6.45, 7) is 3.77. The SMILES string of the molecule is [CH2]c1cccc2nc(N)oc12. The van der Waals surface area contributed by atoms with Crippen LogP contribution in [0.1, 0.15) is 5.56 Å². The van der Waals surface area contributed by atoms with Gasteiger partial charge >= 0.3 is 0 Å². The van der Waals surface area contributed by atoms with Crippen molar-refractivity contribution in [1.82, 2.24) is 4.98 Å². The maximum Gasteiger partial charge on any atom is 0.292 e. The molecule has 1 aromatic heterocycles. The van der Waals surface area contributed by atoms with Crippen LogP contribution in [0.2, 0.25) is 0 Å². The number of hydrogen-bond acceptors (Lipinski definition) is 3. The Morgan fingerprint density at radius 1 is 1.45 bits per heavy atom. The highest BCUT2D eigenvalue weighted by atomic mass is 16.4. The highest BCUT2D eigenvalue weighted by molar-refractivity contribution is 5.78. The zero-order valence-electron chi connectivity index (χ0n) is 5.87. The maximum absolute atomic E-state index is 5.35. The fraction of sp³-hybridized carbons (Fsp3) is 0. The molecular formula is C8H7N2O. The molecule has 0 saturated carbocycles. The fourth-order valence-corrected chi connectivity index (χ4v) is 1.02. The van der Waals surface area contributed by atoms with Crippen LogP contribution in [0.4, 0.5) is 6.01 Å². The molecule has 3 heteroatoms. The van der Waals surface area contributed by atoms with E-state index in [9.17, 15) is 0 Å². The Hall–Kier alpha value is -1.51. The first-order valence-corrected chi connectivity index (χ1v) is 3.24. The molecule has 0 bridgehead atoms. The predicted molar refractivity (Wildman–Crippen MR) is 42.9 cm³/mol. The zero-order valence-corrected chi connectivity index (χ0v) is 5.87. The number of nitrogen functional groups attached to an aromatic ring is 1. The Morgan fingerprint density at radius 3 is 3.00 bits per heavy atom. The van der Waals surface area contributed by atoms with E-state index in [1.165, 1.54) is 0 Å². The first-order chi connectivity index (χ1) is 5.27. The molecule has 2 N–H and O–H groups in total. The quantitative estimate of drug-likeness (QED) is 0.615. The van der Waals surface area contributed by atoms with E-state index in [2.05, 4.69) is 11.9 Å². The van der Waals surface area contributed by atoms with E-state index >= 15 is 0 Å². The second-order valence-electron chi connectivity index (χ2n) is 2.32. The van der Waals surface area contributed by atoms with E-state index in [-0.39, 0.29) is 6.01 Å². The van der Waals surface area contributed by atoms with Crippen LogP contribution in [-0.4, -0.2) is 4.98 Å². The molecule has 0 aliphatic rings. The van der Waals surface area contributed by atoms with Crippen LogP contribution >= 0.6 is 0 Å². The van der Waals surface area contributed by atoms with Gasteiger partial charge in [0.2, 0.25) is 0 Å². The molecule has 2 aromatic rings. The molecule has 0 saturated heterocycles. The summed E-state index contributed by atoms with van der Waals surface area (Å²) in [5, 5.41) is 0. The van der Waals surface area contributed by atoms with Crippen molar-refractivity contribution in [2.45, 2.75) is 0 Å². The molecule has 11 heavy (non-hydrogen) atoms. The fourth-order valence-electron chi connectivity index (χ4n) is 1.02. The van der Waals surface area contributed by atoms with Gasteiger partial charge in [-0.1, -0.05) is 12.1 Å². The number of benzene rings is 1. The van der Waals surface area contributed by atoms with Crippen molar-refractivity contribution in [2.24, 2.45) is 0 Å². The standard InChI is InChI=1S/C8H7N2O/c1-5-3-2-4-6-7(5)11-8(9)10-6/h2-4H,1H2,(H2,9,10). The minimum atomic E-state index is 0.191. The Balaban J connectivity index is 2.90. The lowest BCUT2D eigenvalue weighted by Crippen LogP contribution is -1.80. The van der Waals surface area contributed by atoms with Crippen molar-refractivity contribution in [3.05, 3.63) is 30.7 Å². The number of para-hydroxylation sites is 1. The lowest BCUT2D eigenvalue weighted by atomic mass is 10.2. The van der Waals surface area contributed by atoms with Crippen LogP contribution in [0.15, 0.2) is 22.6 Å². The van der Waals surface area contributed by atoms with Gasteiger partial charge in [0.15, 0.2) is 5.58 Å². The highest BCUT2D eigenvalue weighted by Gasteiger charge is 2.02. The molecule has 0 unspecified atom stereocenters. The first-order valence-electron chi connectivity index (χ1n) is 3.24. The van der Waals surface area contributed by atoms with Gasteiger partial charge in [0, 0.05) is 0 Å². The van der Waals surface area contributed by atoms with Gasteiger partial charge in [-0.25, -0.2) is 0 Å². The third-order valence-electron chi connectivity index (χ3n) is 1.51. The summed E-state index contributed by atoms with van der Waals surface area (Å²) in [6, 6.07) is 5.75. The van der Waals surface area contributed by atoms with E-state index in [1.54, 1.807) is 0 Å². The topological polar surface area (TPSA) is 52.0 Å². The molecule has 0 spiro atoms. The van der Waals surface area contributed by atoms with Crippen molar-refractivity contribution >= 4 is 17.1 Å². The second-order valence-corrected chi connectivity index (χ2v) is 2.32. The van der Waals surface area contributed by atoms with Gasteiger partial charge in [0.25, 0.3) is 6.01 Å². The highest BCUT2D eigenvalue weighted by Crippen LogP contribution is 2.19. The van der Waals surface area contributed by atoms with E-state index in [1.807, 2.05) is 18.2 Å². The average Bonchev–Trinajstić information content (AvgIpc) is 2.31. The molecule has 0 amide bonds. The largest absolute Gasteiger partial charge is 0.423 e. The number of anilines is 1. The van der Waals surface area contributed by atoms with Gasteiger partial charge in [-0.3, -0.25) is 0 Å². The zero-order chi connectivity index (χ0) is 7.84. The maximum atomic E-state index is 5.35. The van der Waals surface area contributed by atoms with E-state index in [0.717, 1.165) is 11.1 Å². The molecule has 0 fully saturated rings. The average molecular weight is 147 g/mol. The number of nitrogens with two attached hydrogens (primary N) is 1. The summed E-state index contributed by atoms with van der Waals surface area (Å²) in [6.07, 6.45) is 0. The molecule has 2 rings (SSSR count). The summed E-state index contributed by atoms with van der Waals surface area (Å²) >= 11 is 0. The molecule has 1 heterocycles. The van der Waals surface area contributed by atoms with Gasteiger partial charge in [0.05, 0.1) is 0 Å². The third kappa shape index (κ3) is 0.852. The minimum Gasteiger partial charge on any atom is -0.423 e. The van der Waals surface area contributed by atoms with Crippen LogP contribution in [0.25, 0.3) is 11.1 Å². The van der Waals surface area contributed by atoms with Crippen molar-refractivity contribution in [1.29, 1.82) is 0 Å². The van der Waals surface area contributed by atoms with E-state index in [4.69, 9.17) is 10.2 Å². The lowest BCUT2D eigenvalue weighted by Gasteiger charge is -1.88. The normalized spacial score (nSPS) is 10.6. The summed E-state index contributed by atoms with van der Waals surface area (Å²) in [7, 11) is 0. The number of fused-ring (bicyclic) bond motifs is 1. The van der Waals surface area contributed by atoms with Gasteiger partial charge in [-0.05, 0) is 18.6 Å². The molecule has 1 aromatic carbocycles. The van der Waals surface area contributed by atoms with Crippen molar-refractivity contribution in [3.8, 4) is 0 Å². The first kappa shape index (κ1) is 6.22. The molecule has 0 atom stereocenters. The van der Waals surface area contributed by atoms with Crippen LogP contribution in [0.5, 0.6) is 0 Å². The van der Waals surface area contributed by atoms with Crippen LogP contribution < -0.4 is 5.73 Å². The second kappa shape index (κ2) is 1.99. The number of oxazole rings is 1. The number of aromatic nitrogens is 1. The third-order valence-corrected chi connectivity index (χ3v) is 1.51. The summed E-state index contributed by atoms with van der Waals surface area (Å²) < 4.78 is 5.10. The van der Waals surface area contributed by atoms with Crippen LogP contribution in [0.3, 0.4) is 0 Å². The molecule has 0 aliphatic carbocycles. The van der Waals surface area contributed by atoms with E-state index < -0.39 is 0 Å². The van der Waals surface area contributed by atoms with E-state index in [0.29, 0.717) is 5.58 Å². The molecule has 1 radical (unpaired) electrons. The van der Waals surface area contributed by atoms with Crippen molar-refractivity contribution in [3.63, 3.8) is 0 Å². The predicted octanol–water partition coefficient (Wildman–Crippen LogP) is 1.59. The summed E-state index contributed by atoms with van der Waals surface area (Å²) in [4.78, 5) is 3.95. The minimum absolute atomic E-state index is 0.191. The Kier molecular flexibility index (Phi) is 1.12. The van der Waals surface area contributed by atoms with Gasteiger partial charge in [-0.2, -0.15) is 4.98 Å². The molecular weight excluding hydrogens is 140 g/mol. The van der Waals surface area contributed by atoms with Gasteiger partial charge in [-0.15, -0.1) is 0 Å². The van der Waals surface area contributed by atoms with Gasteiger partial charge in [0.1, 0.15) is 5.52 Å². The Morgan fingerprint density at radius 2 is 2.27 bits per heavy atom. The van der Waals surface area contributed by atoms with Crippen molar-refractivity contribution < 1.29 is 4.42 Å². The Bertz CT molecular complexity index is 392. The monoisotopic (exact) mass is 147 g/mol. The van der Waals surface area contributed by atoms with Crippen LogP contribution in [0, 0.1) is 6.92 Å². The molecule has 55 valence electrons. The van der Waals surface area contributed by atoms with Gasteiger partial charge < -0.3 is 10.2 Å². The molecule has 3 nitrogen and oxygen atoms in total.